The van der Waals surface area contributed by atoms with E-state index in [0.29, 0.717) is 12.5 Å². The van der Waals surface area contributed by atoms with E-state index in [0.717, 1.165) is 31.9 Å². The van der Waals surface area contributed by atoms with Gasteiger partial charge in [-0.3, -0.25) is 0 Å². The molecule has 1 aromatic rings. The van der Waals surface area contributed by atoms with Crippen LogP contribution in [0.4, 0.5) is 0 Å². The van der Waals surface area contributed by atoms with Crippen molar-refractivity contribution in [3.63, 3.8) is 0 Å². The zero-order valence-corrected chi connectivity index (χ0v) is 9.49. The number of hydrogen-bond acceptors (Lipinski definition) is 3. The second-order valence-corrected chi connectivity index (χ2v) is 4.14. The van der Waals surface area contributed by atoms with Crippen LogP contribution in [-0.4, -0.2) is 22.8 Å². The molecule has 4 nitrogen and oxygen atoms in total. The molecule has 2 rings (SSSR count). The van der Waals surface area contributed by atoms with Gasteiger partial charge in [0.05, 0.1) is 11.4 Å². The molecule has 0 aliphatic carbocycles. The van der Waals surface area contributed by atoms with Crippen molar-refractivity contribution >= 4 is 0 Å². The SMILES string of the molecule is Cc1nc(C2CCOCC2)c(CN)n1C. The maximum absolute atomic E-state index is 5.78. The lowest BCUT2D eigenvalue weighted by atomic mass is 9.95. The summed E-state index contributed by atoms with van der Waals surface area (Å²) in [5.41, 5.74) is 8.15. The first-order valence-corrected chi connectivity index (χ1v) is 5.54. The minimum Gasteiger partial charge on any atom is -0.381 e. The van der Waals surface area contributed by atoms with Crippen LogP contribution in [0.25, 0.3) is 0 Å². The Kier molecular flexibility index (Phi) is 3.07. The molecule has 0 unspecified atom stereocenters. The summed E-state index contributed by atoms with van der Waals surface area (Å²) in [5.74, 6) is 1.59. The molecule has 0 spiro atoms. The minimum absolute atomic E-state index is 0.539. The van der Waals surface area contributed by atoms with Gasteiger partial charge in [0.2, 0.25) is 0 Å². The second-order valence-electron chi connectivity index (χ2n) is 4.14. The van der Waals surface area contributed by atoms with Crippen molar-refractivity contribution in [2.75, 3.05) is 13.2 Å². The third-order valence-electron chi connectivity index (χ3n) is 3.27. The normalized spacial score (nSPS) is 18.3. The first-order valence-electron chi connectivity index (χ1n) is 5.54. The van der Waals surface area contributed by atoms with E-state index in [2.05, 4.69) is 9.55 Å². The van der Waals surface area contributed by atoms with Gasteiger partial charge in [0.25, 0.3) is 0 Å². The Morgan fingerprint density at radius 3 is 2.73 bits per heavy atom. The Hall–Kier alpha value is -0.870. The summed E-state index contributed by atoms with van der Waals surface area (Å²) in [5, 5.41) is 0. The van der Waals surface area contributed by atoms with Crippen LogP contribution in [0.15, 0.2) is 0 Å². The molecular formula is C11H19N3O. The maximum Gasteiger partial charge on any atom is 0.105 e. The highest BCUT2D eigenvalue weighted by Gasteiger charge is 2.22. The van der Waals surface area contributed by atoms with E-state index >= 15 is 0 Å². The highest BCUT2D eigenvalue weighted by atomic mass is 16.5. The largest absolute Gasteiger partial charge is 0.381 e. The molecule has 0 saturated carbocycles. The van der Waals surface area contributed by atoms with E-state index in [4.69, 9.17) is 10.5 Å². The number of aromatic nitrogens is 2. The van der Waals surface area contributed by atoms with Gasteiger partial charge in [-0.05, 0) is 19.8 Å². The van der Waals surface area contributed by atoms with E-state index in [1.165, 1.54) is 11.4 Å². The van der Waals surface area contributed by atoms with Crippen LogP contribution in [0.1, 0.15) is 36.0 Å². The van der Waals surface area contributed by atoms with Gasteiger partial charge in [-0.25, -0.2) is 4.98 Å². The van der Waals surface area contributed by atoms with Gasteiger partial charge in [-0.2, -0.15) is 0 Å². The number of hydrogen-bond donors (Lipinski definition) is 1. The van der Waals surface area contributed by atoms with Crippen molar-refractivity contribution in [3.8, 4) is 0 Å². The van der Waals surface area contributed by atoms with Crippen molar-refractivity contribution in [1.82, 2.24) is 9.55 Å². The topological polar surface area (TPSA) is 53.1 Å². The molecular weight excluding hydrogens is 190 g/mol. The van der Waals surface area contributed by atoms with Crippen LogP contribution >= 0.6 is 0 Å². The molecule has 0 bridgehead atoms. The van der Waals surface area contributed by atoms with Crippen LogP contribution in [0.2, 0.25) is 0 Å². The fourth-order valence-electron chi connectivity index (χ4n) is 2.22. The van der Waals surface area contributed by atoms with Crippen LogP contribution in [0.5, 0.6) is 0 Å². The van der Waals surface area contributed by atoms with Gasteiger partial charge in [-0.15, -0.1) is 0 Å². The molecule has 0 aromatic carbocycles. The molecule has 1 aromatic heterocycles. The zero-order chi connectivity index (χ0) is 10.8. The number of nitrogens with zero attached hydrogens (tertiary/aromatic N) is 2. The lowest BCUT2D eigenvalue weighted by molar-refractivity contribution is 0.0843. The van der Waals surface area contributed by atoms with Gasteiger partial charge in [-0.1, -0.05) is 0 Å². The van der Waals surface area contributed by atoms with Crippen LogP contribution in [0.3, 0.4) is 0 Å². The number of imidazole rings is 1. The molecule has 2 heterocycles. The summed E-state index contributed by atoms with van der Waals surface area (Å²) in [6.45, 7) is 4.31. The van der Waals surface area contributed by atoms with Gasteiger partial charge < -0.3 is 15.0 Å². The van der Waals surface area contributed by atoms with Crippen molar-refractivity contribution < 1.29 is 4.74 Å². The predicted octanol–water partition coefficient (Wildman–Crippen LogP) is 1.08. The van der Waals surface area contributed by atoms with E-state index in [1.807, 2.05) is 14.0 Å². The third kappa shape index (κ3) is 1.92. The van der Waals surface area contributed by atoms with E-state index < -0.39 is 0 Å². The third-order valence-corrected chi connectivity index (χ3v) is 3.27. The maximum atomic E-state index is 5.78. The summed E-state index contributed by atoms with van der Waals surface area (Å²) in [6, 6.07) is 0. The fourth-order valence-corrected chi connectivity index (χ4v) is 2.22. The van der Waals surface area contributed by atoms with E-state index in [-0.39, 0.29) is 0 Å². The number of nitrogens with two attached hydrogens (primary N) is 1. The predicted molar refractivity (Wildman–Crippen MR) is 58.6 cm³/mol. The molecule has 1 saturated heterocycles. The molecule has 0 radical (unpaired) electrons. The standard InChI is InChI=1S/C11H19N3O/c1-8-13-11(10(7-12)14(8)2)9-3-5-15-6-4-9/h9H,3-7,12H2,1-2H3. The lowest BCUT2D eigenvalue weighted by Crippen LogP contribution is -2.17. The molecule has 4 heteroatoms. The average Bonchev–Trinajstić information content (AvgIpc) is 2.56. The van der Waals surface area contributed by atoms with Gasteiger partial charge >= 0.3 is 0 Å². The van der Waals surface area contributed by atoms with Crippen molar-refractivity contribution in [2.24, 2.45) is 12.8 Å². The summed E-state index contributed by atoms with van der Waals surface area (Å²) in [6.07, 6.45) is 2.15. The lowest BCUT2D eigenvalue weighted by Gasteiger charge is -2.21. The number of rotatable bonds is 2. The molecule has 15 heavy (non-hydrogen) atoms. The molecule has 0 amide bonds. The molecule has 2 N–H and O–H groups in total. The summed E-state index contributed by atoms with van der Waals surface area (Å²) in [7, 11) is 2.04. The van der Waals surface area contributed by atoms with Gasteiger partial charge in [0.15, 0.2) is 0 Å². The second kappa shape index (κ2) is 4.33. The van der Waals surface area contributed by atoms with Gasteiger partial charge in [0, 0.05) is 32.7 Å². The van der Waals surface area contributed by atoms with Gasteiger partial charge in [0.1, 0.15) is 5.82 Å². The molecule has 84 valence electrons. The summed E-state index contributed by atoms with van der Waals surface area (Å²) < 4.78 is 7.47. The quantitative estimate of drug-likeness (QED) is 0.793. The van der Waals surface area contributed by atoms with E-state index in [1.54, 1.807) is 0 Å². The highest BCUT2D eigenvalue weighted by molar-refractivity contribution is 5.21. The Morgan fingerprint density at radius 2 is 2.13 bits per heavy atom. The summed E-state index contributed by atoms with van der Waals surface area (Å²) in [4.78, 5) is 4.63. The fraction of sp³-hybridized carbons (Fsp3) is 0.727. The first-order chi connectivity index (χ1) is 7.24. The molecule has 1 fully saturated rings. The van der Waals surface area contributed by atoms with Crippen molar-refractivity contribution in [1.29, 1.82) is 0 Å². The number of ether oxygens (including phenoxy) is 1. The first kappa shape index (κ1) is 10.6. The van der Waals surface area contributed by atoms with Crippen molar-refractivity contribution in [2.45, 2.75) is 32.2 Å². The minimum atomic E-state index is 0.539. The monoisotopic (exact) mass is 209 g/mol. The van der Waals surface area contributed by atoms with Crippen LogP contribution in [-0.2, 0) is 18.3 Å². The van der Waals surface area contributed by atoms with E-state index in [9.17, 15) is 0 Å². The van der Waals surface area contributed by atoms with Crippen LogP contribution < -0.4 is 5.73 Å². The zero-order valence-electron chi connectivity index (χ0n) is 9.49. The Bertz CT molecular complexity index is 340. The molecule has 1 aliphatic rings. The highest BCUT2D eigenvalue weighted by Crippen LogP contribution is 2.28. The Morgan fingerprint density at radius 1 is 1.47 bits per heavy atom. The van der Waals surface area contributed by atoms with Crippen LogP contribution in [0, 0.1) is 6.92 Å². The van der Waals surface area contributed by atoms with Crippen molar-refractivity contribution in [3.05, 3.63) is 17.2 Å². The summed E-state index contributed by atoms with van der Waals surface area (Å²) >= 11 is 0. The average molecular weight is 209 g/mol. The Labute approximate surface area is 90.4 Å². The molecule has 1 aliphatic heterocycles. The number of aryl methyl sites for hydroxylation is 1. The molecule has 0 atom stereocenters. The Balaban J connectivity index is 2.29. The smallest absolute Gasteiger partial charge is 0.105 e.